The average molecular weight is 537 g/mol. The summed E-state index contributed by atoms with van der Waals surface area (Å²) in [5.74, 6) is -0.745. The largest absolute Gasteiger partial charge is 0.393 e. The zero-order valence-corrected chi connectivity index (χ0v) is 23.0. The lowest BCUT2D eigenvalue weighted by molar-refractivity contribution is -0.160. The zero-order valence-electron chi connectivity index (χ0n) is 21.4. The number of amides is 1. The minimum Gasteiger partial charge on any atom is -0.393 e. The van der Waals surface area contributed by atoms with Crippen LogP contribution in [-0.2, 0) is 26.3 Å². The van der Waals surface area contributed by atoms with Gasteiger partial charge in [0.1, 0.15) is 0 Å². The normalized spacial score (nSPS) is 29.5. The van der Waals surface area contributed by atoms with Gasteiger partial charge in [-0.15, -0.1) is 11.8 Å². The molecule has 0 radical (unpaired) electrons. The molecule has 6 atom stereocenters. The first-order valence-electron chi connectivity index (χ1n) is 12.3. The highest BCUT2D eigenvalue weighted by molar-refractivity contribution is 8.03. The van der Waals surface area contributed by atoms with Crippen molar-refractivity contribution in [1.29, 1.82) is 0 Å². The number of likely N-dealkylation sites (tertiary alicyclic amines) is 1. The molecule has 0 aromatic heterocycles. The van der Waals surface area contributed by atoms with E-state index in [-0.39, 0.29) is 35.7 Å². The molecule has 3 aliphatic rings. The monoisotopic (exact) mass is 536 g/mol. The molecule has 9 nitrogen and oxygen atoms in total. The Morgan fingerprint density at radius 3 is 2.47 bits per heavy atom. The molecular weight excluding hydrogens is 500 g/mol. The Bertz CT molecular complexity index is 1180. The van der Waals surface area contributed by atoms with Crippen LogP contribution in [0.25, 0.3) is 0 Å². The zero-order chi connectivity index (χ0) is 26.5. The van der Waals surface area contributed by atoms with E-state index in [4.69, 9.17) is 5.14 Å². The summed E-state index contributed by atoms with van der Waals surface area (Å²) in [6.45, 7) is 11.5. The quantitative estimate of drug-likeness (QED) is 0.320. The molecule has 0 saturated carbocycles. The fraction of sp³-hybridized carbons (Fsp3) is 0.600. The fourth-order valence-corrected chi connectivity index (χ4v) is 7.89. The molecule has 4 N–H and O–H groups in total. The van der Waals surface area contributed by atoms with E-state index in [0.717, 1.165) is 11.2 Å². The van der Waals surface area contributed by atoms with Crippen LogP contribution in [0.15, 0.2) is 22.7 Å². The van der Waals surface area contributed by atoms with Crippen molar-refractivity contribution < 1.29 is 23.1 Å². The van der Waals surface area contributed by atoms with E-state index in [1.54, 1.807) is 23.6 Å². The number of thioether (sulfide) groups is 1. The number of aliphatic hydroxyl groups excluding tert-OH is 1. The van der Waals surface area contributed by atoms with E-state index in [0.29, 0.717) is 25.2 Å². The van der Waals surface area contributed by atoms with Crippen molar-refractivity contribution in [1.82, 2.24) is 14.5 Å². The maximum absolute atomic E-state index is 12.6. The summed E-state index contributed by atoms with van der Waals surface area (Å²) in [7, 11) is -3.82. The number of hydrogen-bond donors (Lipinski definition) is 3. The van der Waals surface area contributed by atoms with Crippen molar-refractivity contribution >= 4 is 34.2 Å². The number of fused-ring (bicyclic) bond motifs is 1. The molecule has 4 rings (SSSR count). The average Bonchev–Trinajstić information content (AvgIpc) is 3.26. The highest BCUT2D eigenvalue weighted by Gasteiger charge is 2.58. The van der Waals surface area contributed by atoms with E-state index in [2.05, 4.69) is 42.5 Å². The number of allylic oxidation sites excluding steroid dienone is 1. The van der Waals surface area contributed by atoms with Gasteiger partial charge < -0.3 is 10.0 Å². The molecular formula is C25H36N4O5S2. The predicted molar refractivity (Wildman–Crippen MR) is 140 cm³/mol. The molecule has 0 aliphatic carbocycles. The second-order valence-electron chi connectivity index (χ2n) is 10.4. The number of β-lactam (4-membered cyclic amide) rings is 1. The molecule has 11 heteroatoms. The molecule has 1 aromatic rings. The van der Waals surface area contributed by atoms with Crippen LogP contribution < -0.4 is 9.86 Å². The van der Waals surface area contributed by atoms with Crippen LogP contribution in [0.2, 0.25) is 0 Å². The van der Waals surface area contributed by atoms with Gasteiger partial charge in [-0.2, -0.15) is 8.42 Å². The van der Waals surface area contributed by atoms with Gasteiger partial charge in [-0.1, -0.05) is 19.1 Å². The number of benzene rings is 1. The molecule has 0 spiro atoms. The van der Waals surface area contributed by atoms with E-state index in [9.17, 15) is 23.1 Å². The van der Waals surface area contributed by atoms with E-state index >= 15 is 0 Å². The maximum atomic E-state index is 12.6. The third kappa shape index (κ3) is 5.14. The Labute approximate surface area is 217 Å². The number of aryl methyl sites for hydroxylation is 2. The summed E-state index contributed by atoms with van der Waals surface area (Å²) in [4.78, 5) is 29.3. The van der Waals surface area contributed by atoms with Crippen molar-refractivity contribution in [2.75, 3.05) is 13.1 Å². The summed E-state index contributed by atoms with van der Waals surface area (Å²) >= 11 is 1.60. The number of nitrogens with zero attached hydrogens (tertiary/aromatic N) is 2. The number of aldehydes is 1. The van der Waals surface area contributed by atoms with Crippen molar-refractivity contribution in [2.24, 2.45) is 17.0 Å². The minimum atomic E-state index is -3.82. The molecule has 2 saturated heterocycles. The van der Waals surface area contributed by atoms with Gasteiger partial charge in [0.15, 0.2) is 6.29 Å². The standard InChI is InChI=1S/C25H36N4O5S2/c1-13-6-18(7-14(2)15(13)3)10-28-11-20(8-19(28)9-27-36(26,33)34)35-24-16(4)23-22(17(5)31)25(32)29(23)21(24)12-30/h6-7,12,16-17,19-20,22-23,27,31H,8-11H2,1-5H3,(H2,26,33,34)/t16-,17-,19+,20+,22-,23-/m1/s1. The predicted octanol–water partition coefficient (Wildman–Crippen LogP) is 1.35. The van der Waals surface area contributed by atoms with Crippen LogP contribution in [0.3, 0.4) is 0 Å². The van der Waals surface area contributed by atoms with Gasteiger partial charge in [0.25, 0.3) is 10.2 Å². The highest BCUT2D eigenvalue weighted by Crippen LogP contribution is 2.51. The Morgan fingerprint density at radius 2 is 1.92 bits per heavy atom. The summed E-state index contributed by atoms with van der Waals surface area (Å²) in [5.41, 5.74) is 5.27. The van der Waals surface area contributed by atoms with Gasteiger partial charge in [-0.05, 0) is 56.4 Å². The lowest BCUT2D eigenvalue weighted by atomic mass is 9.79. The summed E-state index contributed by atoms with van der Waals surface area (Å²) < 4.78 is 25.7. The van der Waals surface area contributed by atoms with Crippen molar-refractivity contribution in [3.05, 3.63) is 45.0 Å². The van der Waals surface area contributed by atoms with Crippen molar-refractivity contribution in [2.45, 2.75) is 71.0 Å². The molecule has 1 aromatic carbocycles. The molecule has 3 heterocycles. The van der Waals surface area contributed by atoms with E-state index < -0.39 is 22.2 Å². The molecule has 1 amide bonds. The molecule has 36 heavy (non-hydrogen) atoms. The van der Waals surface area contributed by atoms with Gasteiger partial charge >= 0.3 is 0 Å². The summed E-state index contributed by atoms with van der Waals surface area (Å²) in [6.07, 6.45) is 0.688. The molecule has 0 unspecified atom stereocenters. The van der Waals surface area contributed by atoms with Gasteiger partial charge in [0.05, 0.1) is 23.8 Å². The summed E-state index contributed by atoms with van der Waals surface area (Å²) in [5, 5.41) is 15.4. The Kier molecular flexibility index (Phi) is 7.72. The maximum Gasteiger partial charge on any atom is 0.274 e. The number of hydrogen-bond acceptors (Lipinski definition) is 7. The lowest BCUT2D eigenvalue weighted by Gasteiger charge is -2.46. The smallest absolute Gasteiger partial charge is 0.274 e. The highest BCUT2D eigenvalue weighted by atomic mass is 32.2. The first-order valence-corrected chi connectivity index (χ1v) is 14.7. The van der Waals surface area contributed by atoms with Crippen LogP contribution in [-0.4, -0.2) is 72.0 Å². The first-order chi connectivity index (χ1) is 16.8. The SMILES string of the molecule is Cc1cc(CN2C[C@@H](SC3=C(C=O)N4C(=O)[C@H]([C@@H](C)O)[C@H]4[C@H]3C)C[C@H]2CNS(N)(=O)=O)cc(C)c1C. The van der Waals surface area contributed by atoms with Crippen molar-refractivity contribution in [3.63, 3.8) is 0 Å². The molecule has 0 bridgehead atoms. The third-order valence-corrected chi connectivity index (χ3v) is 10.0. The second kappa shape index (κ2) is 10.2. The Morgan fingerprint density at radius 1 is 1.28 bits per heavy atom. The Hall–Kier alpha value is -1.76. The van der Waals surface area contributed by atoms with Crippen LogP contribution in [0, 0.1) is 32.6 Å². The number of carbonyl (C=O) groups excluding carboxylic acids is 2. The van der Waals surface area contributed by atoms with E-state index in [1.807, 2.05) is 6.92 Å². The van der Waals surface area contributed by atoms with Crippen molar-refractivity contribution in [3.8, 4) is 0 Å². The summed E-state index contributed by atoms with van der Waals surface area (Å²) in [6, 6.07) is 4.08. The lowest BCUT2D eigenvalue weighted by Crippen LogP contribution is -2.63. The van der Waals surface area contributed by atoms with Crippen LogP contribution in [0.4, 0.5) is 0 Å². The number of aliphatic hydroxyl groups is 1. The van der Waals surface area contributed by atoms with Crippen LogP contribution >= 0.6 is 11.8 Å². The molecule has 2 fully saturated rings. The topological polar surface area (TPSA) is 133 Å². The second-order valence-corrected chi connectivity index (χ2v) is 13.1. The molecule has 198 valence electrons. The Balaban J connectivity index is 1.54. The number of nitrogens with two attached hydrogens (primary N) is 1. The van der Waals surface area contributed by atoms with Crippen LogP contribution in [0.1, 0.15) is 42.5 Å². The number of rotatable bonds is 9. The van der Waals surface area contributed by atoms with E-state index in [1.165, 1.54) is 22.3 Å². The first kappa shape index (κ1) is 27.3. The third-order valence-electron chi connectivity index (χ3n) is 7.93. The minimum absolute atomic E-state index is 0.0510. The van der Waals surface area contributed by atoms with Gasteiger partial charge in [0, 0.05) is 41.7 Å². The van der Waals surface area contributed by atoms with Crippen LogP contribution in [0.5, 0.6) is 0 Å². The molecule has 3 aliphatic heterocycles. The number of carbonyl (C=O) groups is 2. The number of nitrogens with one attached hydrogen (secondary N) is 1. The van der Waals surface area contributed by atoms with Gasteiger partial charge in [0.2, 0.25) is 5.91 Å². The van der Waals surface area contributed by atoms with Gasteiger partial charge in [-0.25, -0.2) is 9.86 Å². The van der Waals surface area contributed by atoms with Gasteiger partial charge in [-0.3, -0.25) is 14.5 Å². The fourth-order valence-electron chi connectivity index (χ4n) is 5.90.